The second-order valence-corrected chi connectivity index (χ2v) is 8.00. The number of anilines is 1. The van der Waals surface area contributed by atoms with E-state index in [1.165, 1.54) is 6.07 Å². The first-order chi connectivity index (χ1) is 14.4. The molecule has 3 rings (SSSR count). The van der Waals surface area contributed by atoms with Crippen LogP contribution >= 0.6 is 39.1 Å². The molecule has 0 radical (unpaired) electrons. The molecule has 3 aromatic rings. The molecule has 0 spiro atoms. The monoisotopic (exact) mass is 509 g/mol. The van der Waals surface area contributed by atoms with Crippen molar-refractivity contribution < 1.29 is 19.4 Å². The Kier molecular flexibility index (Phi) is 7.48. The Hall–Kier alpha value is -2.41. The molecule has 2 N–H and O–H groups in total. The molecular formula is C22H18BrCl2NO4. The first-order valence-electron chi connectivity index (χ1n) is 8.88. The average molecular weight is 511 g/mol. The molecular weight excluding hydrogens is 493 g/mol. The number of carbonyl (C=O) groups is 1. The number of halogens is 3. The van der Waals surface area contributed by atoms with Gasteiger partial charge in [-0.15, -0.1) is 0 Å². The van der Waals surface area contributed by atoms with Crippen LogP contribution in [0.1, 0.15) is 21.5 Å². The summed E-state index contributed by atoms with van der Waals surface area (Å²) in [5, 5.41) is 13.1. The standard InChI is InChI=1S/C22H18BrCl2NO4/c1-29-20-8-14(11-26-15-6-7-16(22(27)28)19(25)9-15)17(23)10-21(20)30-12-13-4-2-3-5-18(13)24/h2-10,26H,11-12H2,1H3,(H,27,28). The van der Waals surface area contributed by atoms with Crippen molar-refractivity contribution in [3.63, 3.8) is 0 Å². The summed E-state index contributed by atoms with van der Waals surface area (Å²) in [6.07, 6.45) is 0. The van der Waals surface area contributed by atoms with Gasteiger partial charge in [0.25, 0.3) is 0 Å². The van der Waals surface area contributed by atoms with E-state index in [1.54, 1.807) is 19.2 Å². The van der Waals surface area contributed by atoms with Crippen LogP contribution in [0.5, 0.6) is 11.5 Å². The van der Waals surface area contributed by atoms with Crippen LogP contribution in [-0.2, 0) is 13.2 Å². The Morgan fingerprint density at radius 3 is 2.47 bits per heavy atom. The minimum atomic E-state index is -1.06. The molecule has 0 saturated heterocycles. The second kappa shape index (κ2) is 10.1. The van der Waals surface area contributed by atoms with E-state index in [-0.39, 0.29) is 10.6 Å². The third-order valence-corrected chi connectivity index (χ3v) is 5.78. The summed E-state index contributed by atoms with van der Waals surface area (Å²) in [4.78, 5) is 11.1. The second-order valence-electron chi connectivity index (χ2n) is 6.33. The summed E-state index contributed by atoms with van der Waals surface area (Å²) >= 11 is 15.8. The van der Waals surface area contributed by atoms with Crippen molar-refractivity contribution in [2.75, 3.05) is 12.4 Å². The zero-order chi connectivity index (χ0) is 21.7. The van der Waals surface area contributed by atoms with Gasteiger partial charge in [0.05, 0.1) is 17.7 Å². The van der Waals surface area contributed by atoms with E-state index in [4.69, 9.17) is 37.8 Å². The summed E-state index contributed by atoms with van der Waals surface area (Å²) in [6.45, 7) is 0.777. The zero-order valence-corrected chi connectivity index (χ0v) is 19.0. The molecule has 5 nitrogen and oxygen atoms in total. The number of hydrogen-bond donors (Lipinski definition) is 2. The van der Waals surface area contributed by atoms with Gasteiger partial charge in [-0.1, -0.05) is 57.3 Å². The van der Waals surface area contributed by atoms with Gasteiger partial charge in [0.1, 0.15) is 6.61 Å². The number of carboxylic acids is 1. The largest absolute Gasteiger partial charge is 0.493 e. The lowest BCUT2D eigenvalue weighted by Gasteiger charge is -2.15. The smallest absolute Gasteiger partial charge is 0.337 e. The van der Waals surface area contributed by atoms with Crippen LogP contribution in [0.25, 0.3) is 0 Å². The molecule has 0 aliphatic heterocycles. The molecule has 0 heterocycles. The van der Waals surface area contributed by atoms with Crippen molar-refractivity contribution in [1.29, 1.82) is 0 Å². The Labute approximate surface area is 192 Å². The molecule has 0 saturated carbocycles. The van der Waals surface area contributed by atoms with Gasteiger partial charge in [0.2, 0.25) is 0 Å². The van der Waals surface area contributed by atoms with Crippen LogP contribution in [0, 0.1) is 0 Å². The maximum absolute atomic E-state index is 11.1. The van der Waals surface area contributed by atoms with Crippen molar-refractivity contribution in [3.05, 3.63) is 85.8 Å². The molecule has 0 amide bonds. The number of rotatable bonds is 8. The minimum Gasteiger partial charge on any atom is -0.493 e. The fourth-order valence-electron chi connectivity index (χ4n) is 2.75. The van der Waals surface area contributed by atoms with Gasteiger partial charge in [-0.3, -0.25) is 0 Å². The maximum Gasteiger partial charge on any atom is 0.337 e. The van der Waals surface area contributed by atoms with E-state index >= 15 is 0 Å². The highest BCUT2D eigenvalue weighted by Crippen LogP contribution is 2.35. The number of benzene rings is 3. The van der Waals surface area contributed by atoms with Gasteiger partial charge in [0, 0.05) is 27.3 Å². The highest BCUT2D eigenvalue weighted by molar-refractivity contribution is 9.10. The van der Waals surface area contributed by atoms with Crippen LogP contribution in [-0.4, -0.2) is 18.2 Å². The zero-order valence-electron chi connectivity index (χ0n) is 15.9. The molecule has 156 valence electrons. The fourth-order valence-corrected chi connectivity index (χ4v) is 3.67. The van der Waals surface area contributed by atoms with Crippen LogP contribution in [0.4, 0.5) is 5.69 Å². The first kappa shape index (κ1) is 22.3. The average Bonchev–Trinajstić information content (AvgIpc) is 2.72. The SMILES string of the molecule is COc1cc(CNc2ccc(C(=O)O)c(Cl)c2)c(Br)cc1OCc1ccccc1Cl. The molecule has 0 aliphatic rings. The molecule has 30 heavy (non-hydrogen) atoms. The Morgan fingerprint density at radius 1 is 1.03 bits per heavy atom. The van der Waals surface area contributed by atoms with Crippen LogP contribution < -0.4 is 14.8 Å². The molecule has 0 fully saturated rings. The number of aromatic carboxylic acids is 1. The lowest BCUT2D eigenvalue weighted by atomic mass is 10.1. The van der Waals surface area contributed by atoms with Gasteiger partial charge < -0.3 is 19.9 Å². The fraction of sp³-hybridized carbons (Fsp3) is 0.136. The summed E-state index contributed by atoms with van der Waals surface area (Å²) in [6, 6.07) is 15.9. The quantitative estimate of drug-likeness (QED) is 0.355. The molecule has 0 aliphatic carbocycles. The van der Waals surface area contributed by atoms with Gasteiger partial charge in [-0.2, -0.15) is 0 Å². The van der Waals surface area contributed by atoms with E-state index < -0.39 is 5.97 Å². The minimum absolute atomic E-state index is 0.0603. The number of carboxylic acid groups (broad SMARTS) is 1. The van der Waals surface area contributed by atoms with Crippen molar-refractivity contribution >= 4 is 50.8 Å². The van der Waals surface area contributed by atoms with Gasteiger partial charge in [-0.25, -0.2) is 4.79 Å². The van der Waals surface area contributed by atoms with Gasteiger partial charge in [-0.05, 0) is 42.0 Å². The molecule has 0 aromatic heterocycles. The molecule has 0 bridgehead atoms. The predicted molar refractivity (Wildman–Crippen MR) is 122 cm³/mol. The predicted octanol–water partition coefficient (Wildman–Crippen LogP) is 6.65. The van der Waals surface area contributed by atoms with Gasteiger partial charge in [0.15, 0.2) is 11.5 Å². The van der Waals surface area contributed by atoms with Crippen molar-refractivity contribution in [1.82, 2.24) is 0 Å². The normalized spacial score (nSPS) is 10.5. The molecule has 8 heteroatoms. The van der Waals surface area contributed by atoms with E-state index in [2.05, 4.69) is 21.2 Å². The van der Waals surface area contributed by atoms with Crippen molar-refractivity contribution in [2.45, 2.75) is 13.2 Å². The van der Waals surface area contributed by atoms with E-state index in [9.17, 15) is 4.79 Å². The molecule has 3 aromatic carbocycles. The lowest BCUT2D eigenvalue weighted by molar-refractivity contribution is 0.0697. The Morgan fingerprint density at radius 2 is 1.80 bits per heavy atom. The third kappa shape index (κ3) is 5.39. The highest BCUT2D eigenvalue weighted by Gasteiger charge is 2.13. The third-order valence-electron chi connectivity index (χ3n) is 4.36. The Balaban J connectivity index is 1.73. The number of nitrogens with one attached hydrogen (secondary N) is 1. The summed E-state index contributed by atoms with van der Waals surface area (Å²) in [5.41, 5.74) is 2.57. The van der Waals surface area contributed by atoms with Crippen LogP contribution in [0.15, 0.2) is 59.1 Å². The molecule has 0 atom stereocenters. The Bertz CT molecular complexity index is 1070. The lowest BCUT2D eigenvalue weighted by Crippen LogP contribution is -2.04. The van der Waals surface area contributed by atoms with Gasteiger partial charge >= 0.3 is 5.97 Å². The highest BCUT2D eigenvalue weighted by atomic mass is 79.9. The summed E-state index contributed by atoms with van der Waals surface area (Å²) in [5.74, 6) is 0.106. The van der Waals surface area contributed by atoms with Crippen molar-refractivity contribution in [2.24, 2.45) is 0 Å². The van der Waals surface area contributed by atoms with Crippen molar-refractivity contribution in [3.8, 4) is 11.5 Å². The maximum atomic E-state index is 11.1. The molecule has 0 unspecified atom stereocenters. The number of methoxy groups -OCH3 is 1. The summed E-state index contributed by atoms with van der Waals surface area (Å²) in [7, 11) is 1.58. The summed E-state index contributed by atoms with van der Waals surface area (Å²) < 4.78 is 12.2. The number of hydrogen-bond acceptors (Lipinski definition) is 4. The van der Waals surface area contributed by atoms with E-state index in [1.807, 2.05) is 36.4 Å². The van der Waals surface area contributed by atoms with Crippen LogP contribution in [0.2, 0.25) is 10.0 Å². The number of ether oxygens (including phenoxy) is 2. The van der Waals surface area contributed by atoms with Crippen LogP contribution in [0.3, 0.4) is 0 Å². The van der Waals surface area contributed by atoms with E-state index in [0.29, 0.717) is 35.4 Å². The topological polar surface area (TPSA) is 67.8 Å². The van der Waals surface area contributed by atoms with E-state index in [0.717, 1.165) is 15.6 Å². The first-order valence-corrected chi connectivity index (χ1v) is 10.4.